The molecule has 2 aromatic carbocycles. The molecule has 0 fully saturated rings. The number of carbonyl (C=O) groups is 2. The highest BCUT2D eigenvalue weighted by atomic mass is 16.5. The number of nitrogens with zero attached hydrogens (tertiary/aromatic N) is 1. The lowest BCUT2D eigenvalue weighted by Gasteiger charge is -2.31. The third-order valence-electron chi connectivity index (χ3n) is 5.90. The van der Waals surface area contributed by atoms with Crippen molar-refractivity contribution in [2.24, 2.45) is 0 Å². The van der Waals surface area contributed by atoms with E-state index in [1.54, 1.807) is 4.90 Å². The summed E-state index contributed by atoms with van der Waals surface area (Å²) in [6.45, 7) is 13.4. The maximum absolute atomic E-state index is 13.3. The van der Waals surface area contributed by atoms with E-state index in [0.717, 1.165) is 24.0 Å². The Kier molecular flexibility index (Phi) is 9.95. The minimum absolute atomic E-state index is 0.0537. The van der Waals surface area contributed by atoms with Gasteiger partial charge in [0.05, 0.1) is 0 Å². The first-order chi connectivity index (χ1) is 15.7. The summed E-state index contributed by atoms with van der Waals surface area (Å²) < 4.78 is 5.83. The highest BCUT2D eigenvalue weighted by molar-refractivity contribution is 5.88. The molecule has 33 heavy (non-hydrogen) atoms. The number of aryl methyl sites for hydroxylation is 1. The molecule has 0 heterocycles. The van der Waals surface area contributed by atoms with Gasteiger partial charge < -0.3 is 15.0 Å². The molecule has 180 valence electrons. The zero-order valence-electron chi connectivity index (χ0n) is 21.1. The molecule has 0 radical (unpaired) electrons. The molecular weight excluding hydrogens is 412 g/mol. The van der Waals surface area contributed by atoms with Gasteiger partial charge in [-0.15, -0.1) is 0 Å². The fourth-order valence-electron chi connectivity index (χ4n) is 3.68. The Hall–Kier alpha value is -2.82. The molecule has 0 saturated heterocycles. The molecule has 0 saturated carbocycles. The van der Waals surface area contributed by atoms with Gasteiger partial charge in [0.2, 0.25) is 5.91 Å². The molecule has 0 bridgehead atoms. The third kappa shape index (κ3) is 7.92. The number of ether oxygens (including phenoxy) is 1. The summed E-state index contributed by atoms with van der Waals surface area (Å²) in [7, 11) is 0. The molecule has 0 aromatic heterocycles. The van der Waals surface area contributed by atoms with Gasteiger partial charge in [0, 0.05) is 13.1 Å². The summed E-state index contributed by atoms with van der Waals surface area (Å²) in [6, 6.07) is 15.3. The van der Waals surface area contributed by atoms with Crippen molar-refractivity contribution in [1.82, 2.24) is 10.2 Å². The third-order valence-corrected chi connectivity index (χ3v) is 5.90. The molecule has 2 rings (SSSR count). The molecule has 2 amide bonds. The van der Waals surface area contributed by atoms with Gasteiger partial charge >= 0.3 is 0 Å². The zero-order valence-corrected chi connectivity index (χ0v) is 21.1. The van der Waals surface area contributed by atoms with Gasteiger partial charge in [0.15, 0.2) is 6.61 Å². The normalized spacial score (nSPS) is 12.2. The van der Waals surface area contributed by atoms with Crippen LogP contribution in [0.1, 0.15) is 70.6 Å². The minimum Gasteiger partial charge on any atom is -0.484 e. The van der Waals surface area contributed by atoms with Crippen LogP contribution in [0.15, 0.2) is 48.5 Å². The van der Waals surface area contributed by atoms with E-state index >= 15 is 0 Å². The van der Waals surface area contributed by atoms with Crippen LogP contribution in [-0.4, -0.2) is 35.9 Å². The van der Waals surface area contributed by atoms with Crippen molar-refractivity contribution in [3.8, 4) is 5.75 Å². The molecule has 5 nitrogen and oxygen atoms in total. The Labute approximate surface area is 199 Å². The first kappa shape index (κ1) is 26.4. The fourth-order valence-corrected chi connectivity index (χ4v) is 3.68. The second-order valence-corrected chi connectivity index (χ2v) is 9.58. The molecule has 1 atom stereocenters. The smallest absolute Gasteiger partial charge is 0.261 e. The number of nitrogens with one attached hydrogen (secondary N) is 1. The van der Waals surface area contributed by atoms with Crippen LogP contribution in [-0.2, 0) is 21.5 Å². The fraction of sp³-hybridized carbons (Fsp3) is 0.500. The van der Waals surface area contributed by atoms with Crippen LogP contribution < -0.4 is 10.1 Å². The van der Waals surface area contributed by atoms with Crippen LogP contribution in [0.25, 0.3) is 0 Å². The predicted molar refractivity (Wildman–Crippen MR) is 134 cm³/mol. The van der Waals surface area contributed by atoms with Crippen LogP contribution in [0.2, 0.25) is 0 Å². The van der Waals surface area contributed by atoms with E-state index in [9.17, 15) is 9.59 Å². The monoisotopic (exact) mass is 452 g/mol. The van der Waals surface area contributed by atoms with Crippen LogP contribution in [0, 0.1) is 6.92 Å². The van der Waals surface area contributed by atoms with Crippen LogP contribution >= 0.6 is 0 Å². The Bertz CT molecular complexity index is 900. The van der Waals surface area contributed by atoms with Crippen molar-refractivity contribution < 1.29 is 14.3 Å². The van der Waals surface area contributed by atoms with E-state index in [0.29, 0.717) is 25.3 Å². The topological polar surface area (TPSA) is 58.6 Å². The zero-order chi connectivity index (χ0) is 24.4. The van der Waals surface area contributed by atoms with Crippen molar-refractivity contribution in [2.75, 3.05) is 13.2 Å². The number of carbonyl (C=O) groups excluding carboxylic acids is 2. The molecule has 0 aliphatic carbocycles. The van der Waals surface area contributed by atoms with Crippen LogP contribution in [0.4, 0.5) is 0 Å². The molecule has 1 N–H and O–H groups in total. The van der Waals surface area contributed by atoms with Gasteiger partial charge in [0.1, 0.15) is 11.8 Å². The second-order valence-electron chi connectivity index (χ2n) is 9.58. The average molecular weight is 453 g/mol. The lowest BCUT2D eigenvalue weighted by Crippen LogP contribution is -2.50. The van der Waals surface area contributed by atoms with Gasteiger partial charge in [-0.3, -0.25) is 9.59 Å². The number of hydrogen-bond acceptors (Lipinski definition) is 3. The summed E-state index contributed by atoms with van der Waals surface area (Å²) in [4.78, 5) is 27.9. The lowest BCUT2D eigenvalue weighted by molar-refractivity contribution is -0.143. The number of unbranched alkanes of at least 4 members (excludes halogenated alkanes) is 1. The van der Waals surface area contributed by atoms with Crippen molar-refractivity contribution in [2.45, 2.75) is 78.8 Å². The summed E-state index contributed by atoms with van der Waals surface area (Å²) in [5.41, 5.74) is 3.38. The predicted octanol–water partition coefficient (Wildman–Crippen LogP) is 5.40. The summed E-state index contributed by atoms with van der Waals surface area (Å²) in [5.74, 6) is 0.339. The summed E-state index contributed by atoms with van der Waals surface area (Å²) >= 11 is 0. The molecule has 0 aliphatic heterocycles. The molecule has 2 aromatic rings. The molecule has 0 aliphatic rings. The Morgan fingerprint density at radius 3 is 2.27 bits per heavy atom. The first-order valence-corrected chi connectivity index (χ1v) is 12.0. The second kappa shape index (κ2) is 12.4. The summed E-state index contributed by atoms with van der Waals surface area (Å²) in [5, 5.41) is 2.99. The first-order valence-electron chi connectivity index (χ1n) is 12.0. The Balaban J connectivity index is 2.17. The van der Waals surface area contributed by atoms with E-state index in [2.05, 4.69) is 33.0 Å². The van der Waals surface area contributed by atoms with Gasteiger partial charge in [-0.1, -0.05) is 77.4 Å². The van der Waals surface area contributed by atoms with Crippen molar-refractivity contribution in [3.63, 3.8) is 0 Å². The van der Waals surface area contributed by atoms with Crippen molar-refractivity contribution in [1.29, 1.82) is 0 Å². The standard InChI is InChI=1S/C28H40N2O3/c1-7-9-18-29-27(32)25(8-2)30(19-22-13-11-10-12-21(22)3)26(31)20-33-24-16-14-23(15-17-24)28(4,5)6/h10-17,25H,7-9,18-20H2,1-6H3,(H,29,32)/t25-/m0/s1. The molecule has 0 unspecified atom stereocenters. The minimum atomic E-state index is -0.541. The largest absolute Gasteiger partial charge is 0.484 e. The maximum atomic E-state index is 13.3. The Morgan fingerprint density at radius 2 is 1.70 bits per heavy atom. The number of benzene rings is 2. The summed E-state index contributed by atoms with van der Waals surface area (Å²) in [6.07, 6.45) is 2.46. The van der Waals surface area contributed by atoms with Gasteiger partial charge in [-0.05, 0) is 54.0 Å². The average Bonchev–Trinajstić information content (AvgIpc) is 2.78. The highest BCUT2D eigenvalue weighted by Crippen LogP contribution is 2.24. The number of rotatable bonds is 11. The van der Waals surface area contributed by atoms with E-state index in [1.165, 1.54) is 5.56 Å². The maximum Gasteiger partial charge on any atom is 0.261 e. The van der Waals surface area contributed by atoms with Crippen molar-refractivity contribution in [3.05, 3.63) is 65.2 Å². The highest BCUT2D eigenvalue weighted by Gasteiger charge is 2.29. The van der Waals surface area contributed by atoms with Crippen LogP contribution in [0.5, 0.6) is 5.75 Å². The van der Waals surface area contributed by atoms with Crippen LogP contribution in [0.3, 0.4) is 0 Å². The molecular formula is C28H40N2O3. The Morgan fingerprint density at radius 1 is 1.03 bits per heavy atom. The molecule has 5 heteroatoms. The van der Waals surface area contributed by atoms with E-state index in [1.807, 2.05) is 62.4 Å². The molecule has 0 spiro atoms. The SMILES string of the molecule is CCCCNC(=O)[C@H](CC)N(Cc1ccccc1C)C(=O)COc1ccc(C(C)(C)C)cc1. The van der Waals surface area contributed by atoms with E-state index in [-0.39, 0.29) is 23.8 Å². The van der Waals surface area contributed by atoms with Crippen molar-refractivity contribution >= 4 is 11.8 Å². The van der Waals surface area contributed by atoms with Gasteiger partial charge in [0.25, 0.3) is 5.91 Å². The van der Waals surface area contributed by atoms with E-state index in [4.69, 9.17) is 4.74 Å². The number of amides is 2. The lowest BCUT2D eigenvalue weighted by atomic mass is 9.87. The quantitative estimate of drug-likeness (QED) is 0.465. The number of hydrogen-bond donors (Lipinski definition) is 1. The van der Waals surface area contributed by atoms with Gasteiger partial charge in [-0.25, -0.2) is 0 Å². The van der Waals surface area contributed by atoms with Gasteiger partial charge in [-0.2, -0.15) is 0 Å². The van der Waals surface area contributed by atoms with E-state index < -0.39 is 6.04 Å².